The Morgan fingerprint density at radius 3 is 2.38 bits per heavy atom. The van der Waals surface area contributed by atoms with Crippen molar-refractivity contribution in [3.8, 4) is 0 Å². The fraction of sp³-hybridized carbons (Fsp3) is 0.850. The summed E-state index contributed by atoms with van der Waals surface area (Å²) in [7, 11) is 0. The van der Waals surface area contributed by atoms with Gasteiger partial charge in [0.15, 0.2) is 5.96 Å². The molecule has 0 amide bonds. The molecule has 2 aliphatic heterocycles. The third-order valence-electron chi connectivity index (χ3n) is 5.23. The number of rotatable bonds is 8. The van der Waals surface area contributed by atoms with E-state index < -0.39 is 0 Å². The largest absolute Gasteiger partial charge is 0.393 e. The number of aliphatic hydroxyl groups is 1. The van der Waals surface area contributed by atoms with Crippen LogP contribution in [0.3, 0.4) is 0 Å². The van der Waals surface area contributed by atoms with Crippen molar-refractivity contribution in [3.63, 3.8) is 0 Å². The first-order valence-electron chi connectivity index (χ1n) is 10.4. The highest BCUT2D eigenvalue weighted by Crippen LogP contribution is 2.12. The van der Waals surface area contributed by atoms with Crippen molar-refractivity contribution < 1.29 is 5.11 Å². The number of aliphatic hydroxyl groups excluding tert-OH is 1. The highest BCUT2D eigenvalue weighted by Gasteiger charge is 2.20. The van der Waals surface area contributed by atoms with Gasteiger partial charge in [-0.2, -0.15) is 0 Å². The second kappa shape index (κ2) is 11.6. The van der Waals surface area contributed by atoms with E-state index in [9.17, 15) is 5.11 Å². The zero-order valence-electron chi connectivity index (χ0n) is 16.8. The van der Waals surface area contributed by atoms with Crippen LogP contribution in [0.2, 0.25) is 0 Å². The van der Waals surface area contributed by atoms with E-state index in [2.05, 4.69) is 40.9 Å². The lowest BCUT2D eigenvalue weighted by atomic mass is 10.0. The summed E-state index contributed by atoms with van der Waals surface area (Å²) in [6.07, 6.45) is 5.14. The predicted octanol–water partition coefficient (Wildman–Crippen LogP) is 1.43. The van der Waals surface area contributed by atoms with Crippen LogP contribution in [-0.4, -0.2) is 85.4 Å². The number of hydrogen-bond acceptors (Lipinski definition) is 4. The van der Waals surface area contributed by atoms with Crippen LogP contribution in [0.5, 0.6) is 0 Å². The first-order valence-corrected chi connectivity index (χ1v) is 10.4. The molecule has 0 spiro atoms. The molecule has 0 unspecified atom stereocenters. The van der Waals surface area contributed by atoms with Gasteiger partial charge in [0.05, 0.1) is 6.10 Å². The molecule has 2 fully saturated rings. The number of piperidine rings is 2. The zero-order chi connectivity index (χ0) is 18.8. The lowest BCUT2D eigenvalue weighted by Crippen LogP contribution is -2.49. The summed E-state index contributed by atoms with van der Waals surface area (Å²) in [6.45, 7) is 16.4. The van der Waals surface area contributed by atoms with Crippen molar-refractivity contribution in [1.82, 2.24) is 20.4 Å². The van der Waals surface area contributed by atoms with E-state index in [-0.39, 0.29) is 6.10 Å². The summed E-state index contributed by atoms with van der Waals surface area (Å²) in [5.41, 5.74) is 1.24. The Labute approximate surface area is 159 Å². The first-order chi connectivity index (χ1) is 12.6. The molecule has 2 heterocycles. The lowest BCUT2D eigenvalue weighted by molar-refractivity contribution is 0.0824. The maximum absolute atomic E-state index is 9.57. The molecule has 6 heteroatoms. The van der Waals surface area contributed by atoms with Crippen molar-refractivity contribution in [3.05, 3.63) is 12.2 Å². The zero-order valence-corrected chi connectivity index (χ0v) is 16.8. The van der Waals surface area contributed by atoms with Crippen molar-refractivity contribution in [2.45, 2.75) is 58.1 Å². The van der Waals surface area contributed by atoms with Gasteiger partial charge < -0.3 is 20.6 Å². The Balaban J connectivity index is 1.67. The van der Waals surface area contributed by atoms with E-state index in [1.807, 2.05) is 0 Å². The minimum absolute atomic E-state index is 0.0874. The molecular weight excluding hydrogens is 326 g/mol. The highest BCUT2D eigenvalue weighted by atomic mass is 16.3. The molecule has 26 heavy (non-hydrogen) atoms. The van der Waals surface area contributed by atoms with Gasteiger partial charge in [-0.15, -0.1) is 0 Å². The van der Waals surface area contributed by atoms with E-state index in [0.29, 0.717) is 6.04 Å². The van der Waals surface area contributed by atoms with Crippen LogP contribution in [-0.2, 0) is 0 Å². The molecule has 6 nitrogen and oxygen atoms in total. The van der Waals surface area contributed by atoms with Crippen LogP contribution in [0.4, 0.5) is 0 Å². The second-order valence-corrected chi connectivity index (χ2v) is 7.84. The summed E-state index contributed by atoms with van der Waals surface area (Å²) >= 11 is 0. The highest BCUT2D eigenvalue weighted by molar-refractivity contribution is 5.80. The molecule has 2 aliphatic rings. The normalized spacial score (nSPS) is 21.7. The third-order valence-corrected chi connectivity index (χ3v) is 5.23. The van der Waals surface area contributed by atoms with E-state index in [4.69, 9.17) is 4.99 Å². The Hall–Kier alpha value is -1.11. The summed E-state index contributed by atoms with van der Waals surface area (Å²) < 4.78 is 0. The van der Waals surface area contributed by atoms with E-state index in [1.165, 1.54) is 5.57 Å². The summed E-state index contributed by atoms with van der Waals surface area (Å²) in [5, 5.41) is 16.6. The Kier molecular flexibility index (Phi) is 9.43. The Bertz CT molecular complexity index is 437. The van der Waals surface area contributed by atoms with E-state index >= 15 is 0 Å². The van der Waals surface area contributed by atoms with Crippen LogP contribution < -0.4 is 10.6 Å². The fourth-order valence-electron chi connectivity index (χ4n) is 3.76. The Morgan fingerprint density at radius 2 is 1.77 bits per heavy atom. The van der Waals surface area contributed by atoms with Gasteiger partial charge in [0.1, 0.15) is 0 Å². The van der Waals surface area contributed by atoms with E-state index in [1.54, 1.807) is 0 Å². The van der Waals surface area contributed by atoms with E-state index in [0.717, 1.165) is 90.4 Å². The van der Waals surface area contributed by atoms with Crippen molar-refractivity contribution in [1.29, 1.82) is 0 Å². The molecule has 0 bridgehead atoms. The molecule has 150 valence electrons. The average Bonchev–Trinajstić information content (AvgIpc) is 2.61. The van der Waals surface area contributed by atoms with Crippen LogP contribution in [0, 0.1) is 0 Å². The minimum atomic E-state index is -0.0874. The number of likely N-dealkylation sites (tertiary alicyclic amines) is 2. The molecule has 0 aromatic carbocycles. The molecule has 0 aliphatic carbocycles. The topological polar surface area (TPSA) is 63.1 Å². The van der Waals surface area contributed by atoms with Crippen molar-refractivity contribution >= 4 is 5.96 Å². The molecule has 2 saturated heterocycles. The number of nitrogens with one attached hydrogen (secondary N) is 2. The smallest absolute Gasteiger partial charge is 0.191 e. The van der Waals surface area contributed by atoms with Gasteiger partial charge >= 0.3 is 0 Å². The maximum Gasteiger partial charge on any atom is 0.191 e. The molecular formula is C20H39N5O. The predicted molar refractivity (Wildman–Crippen MR) is 110 cm³/mol. The van der Waals surface area contributed by atoms with Gasteiger partial charge in [-0.1, -0.05) is 12.2 Å². The molecule has 0 aromatic heterocycles. The molecule has 3 N–H and O–H groups in total. The van der Waals surface area contributed by atoms with Crippen LogP contribution in [0.25, 0.3) is 0 Å². The molecule has 0 radical (unpaired) electrons. The van der Waals surface area contributed by atoms with Gasteiger partial charge in [0.2, 0.25) is 0 Å². The lowest BCUT2D eigenvalue weighted by Gasteiger charge is -2.33. The van der Waals surface area contributed by atoms with Crippen molar-refractivity contribution in [2.75, 3.05) is 52.4 Å². The third kappa shape index (κ3) is 8.06. The standard InChI is InChI=1S/C20H39N5O/c1-4-21-20(22-10-5-11-24-14-8-19(26)9-15-24)23-18-6-12-25(13-7-18)16-17(2)3/h18-19,26H,2,4-16H2,1,3H3,(H2,21,22,23). The van der Waals surface area contributed by atoms with Gasteiger partial charge in [0, 0.05) is 51.9 Å². The van der Waals surface area contributed by atoms with Crippen molar-refractivity contribution in [2.24, 2.45) is 4.99 Å². The quantitative estimate of drug-likeness (QED) is 0.263. The first kappa shape index (κ1) is 21.2. The Morgan fingerprint density at radius 1 is 1.12 bits per heavy atom. The summed E-state index contributed by atoms with van der Waals surface area (Å²) in [6, 6.07) is 0.512. The SMILES string of the molecule is C=C(C)CN1CCC(NC(=NCCCN2CCC(O)CC2)NCC)CC1. The van der Waals surface area contributed by atoms with Gasteiger partial charge in [-0.25, -0.2) is 0 Å². The average molecular weight is 366 g/mol. The number of guanidine groups is 1. The molecule has 2 rings (SSSR count). The van der Waals surface area contributed by atoms with Crippen LogP contribution >= 0.6 is 0 Å². The summed E-state index contributed by atoms with van der Waals surface area (Å²) in [4.78, 5) is 9.70. The number of hydrogen-bond donors (Lipinski definition) is 3. The number of aliphatic imine (C=N–C) groups is 1. The molecule has 0 saturated carbocycles. The van der Waals surface area contributed by atoms with Crippen LogP contribution in [0.15, 0.2) is 17.1 Å². The maximum atomic E-state index is 9.57. The molecule has 0 atom stereocenters. The van der Waals surface area contributed by atoms with Crippen LogP contribution in [0.1, 0.15) is 46.0 Å². The van der Waals surface area contributed by atoms with Gasteiger partial charge in [0.25, 0.3) is 0 Å². The molecule has 0 aromatic rings. The van der Waals surface area contributed by atoms with Gasteiger partial charge in [-0.05, 0) is 52.5 Å². The van der Waals surface area contributed by atoms with Gasteiger partial charge in [-0.3, -0.25) is 9.89 Å². The fourth-order valence-corrected chi connectivity index (χ4v) is 3.76. The summed E-state index contributed by atoms with van der Waals surface area (Å²) in [5.74, 6) is 0.958. The second-order valence-electron chi connectivity index (χ2n) is 7.84. The number of nitrogens with zero attached hydrogens (tertiary/aromatic N) is 3. The minimum Gasteiger partial charge on any atom is -0.393 e. The monoisotopic (exact) mass is 365 g/mol.